The molecule has 0 amide bonds. The van der Waals surface area contributed by atoms with E-state index >= 15 is 0 Å². The number of thiophene rings is 2. The summed E-state index contributed by atoms with van der Waals surface area (Å²) in [7, 11) is 0. The maximum atomic E-state index is 4.61. The van der Waals surface area contributed by atoms with Gasteiger partial charge in [-0.2, -0.15) is 0 Å². The van der Waals surface area contributed by atoms with E-state index in [0.29, 0.717) is 0 Å². The van der Waals surface area contributed by atoms with Crippen molar-refractivity contribution in [2.24, 2.45) is 0 Å². The number of hydrogen-bond acceptors (Lipinski definition) is 3. The third kappa shape index (κ3) is 1.75. The second-order valence-corrected chi connectivity index (χ2v) is 8.88. The first kappa shape index (κ1) is 14.9. The van der Waals surface area contributed by atoms with Crippen LogP contribution >= 0.6 is 22.7 Å². The van der Waals surface area contributed by atoms with E-state index < -0.39 is 0 Å². The second kappa shape index (κ2) is 5.22. The fourth-order valence-electron chi connectivity index (χ4n) is 4.34. The minimum absolute atomic E-state index is 1.04. The third-order valence-electron chi connectivity index (χ3n) is 5.51. The first-order valence-electron chi connectivity index (χ1n) is 9.14. The van der Waals surface area contributed by atoms with E-state index in [1.54, 1.807) is 11.3 Å². The lowest BCUT2D eigenvalue weighted by atomic mass is 10.2. The van der Waals surface area contributed by atoms with Crippen molar-refractivity contribution in [2.45, 2.75) is 0 Å². The van der Waals surface area contributed by atoms with Crippen LogP contribution in [0.3, 0.4) is 0 Å². The Morgan fingerprint density at radius 1 is 0.786 bits per heavy atom. The van der Waals surface area contributed by atoms with Gasteiger partial charge in [-0.15, -0.1) is 11.3 Å². The van der Waals surface area contributed by atoms with E-state index in [-0.39, 0.29) is 0 Å². The SMILES string of the molecule is c1ccc2c(c1)c1ccccc1n2-c1cc2c3sccc3c3nccn3c2s1. The predicted octanol–water partition coefficient (Wildman–Crippen LogP) is 6.86. The molecule has 0 unspecified atom stereocenters. The van der Waals surface area contributed by atoms with Gasteiger partial charge in [0.25, 0.3) is 0 Å². The van der Waals surface area contributed by atoms with Crippen molar-refractivity contribution in [3.63, 3.8) is 0 Å². The Labute approximate surface area is 167 Å². The number of aromatic nitrogens is 3. The molecule has 3 nitrogen and oxygen atoms in total. The van der Waals surface area contributed by atoms with Gasteiger partial charge in [-0.25, -0.2) is 4.98 Å². The fraction of sp³-hybridized carbons (Fsp3) is 0. The van der Waals surface area contributed by atoms with Crippen molar-refractivity contribution in [3.8, 4) is 5.00 Å². The minimum atomic E-state index is 1.04. The maximum Gasteiger partial charge on any atom is 0.146 e. The molecule has 132 valence electrons. The van der Waals surface area contributed by atoms with Gasteiger partial charge in [0.15, 0.2) is 0 Å². The average molecular weight is 396 g/mol. The van der Waals surface area contributed by atoms with Gasteiger partial charge in [0.1, 0.15) is 15.5 Å². The summed E-state index contributed by atoms with van der Waals surface area (Å²) in [6.07, 6.45) is 3.96. The van der Waals surface area contributed by atoms with Crippen LogP contribution < -0.4 is 0 Å². The fourth-order valence-corrected chi connectivity index (χ4v) is 6.49. The normalized spacial score (nSPS) is 12.3. The molecule has 0 fully saturated rings. The third-order valence-corrected chi connectivity index (χ3v) is 7.58. The van der Waals surface area contributed by atoms with Crippen molar-refractivity contribution in [1.82, 2.24) is 14.0 Å². The molecule has 0 bridgehead atoms. The van der Waals surface area contributed by atoms with Crippen LogP contribution in [0.2, 0.25) is 0 Å². The number of hydrogen-bond donors (Lipinski definition) is 0. The Morgan fingerprint density at radius 2 is 1.54 bits per heavy atom. The first-order chi connectivity index (χ1) is 13.9. The largest absolute Gasteiger partial charge is 0.301 e. The molecule has 0 atom stereocenters. The number of fused-ring (bicyclic) bond motifs is 9. The van der Waals surface area contributed by atoms with Crippen molar-refractivity contribution in [3.05, 3.63) is 78.4 Å². The summed E-state index contributed by atoms with van der Waals surface area (Å²) < 4.78 is 5.95. The van der Waals surface area contributed by atoms with E-state index in [9.17, 15) is 0 Å². The lowest BCUT2D eigenvalue weighted by Gasteiger charge is -2.03. The molecule has 5 heteroatoms. The highest BCUT2D eigenvalue weighted by Gasteiger charge is 2.17. The summed E-state index contributed by atoms with van der Waals surface area (Å²) in [6.45, 7) is 0. The number of nitrogens with zero attached hydrogens (tertiary/aromatic N) is 3. The molecule has 7 aromatic rings. The van der Waals surface area contributed by atoms with E-state index in [1.165, 1.54) is 47.1 Å². The Balaban J connectivity index is 1.69. The van der Waals surface area contributed by atoms with Gasteiger partial charge in [0, 0.05) is 38.6 Å². The monoisotopic (exact) mass is 395 g/mol. The highest BCUT2D eigenvalue weighted by atomic mass is 32.1. The zero-order valence-electron chi connectivity index (χ0n) is 14.7. The molecule has 5 heterocycles. The maximum absolute atomic E-state index is 4.61. The molecule has 0 aliphatic carbocycles. The standard InChI is InChI=1S/C23H13N3S2/c1-3-7-18-14(5-1)15-6-2-4-8-19(15)26(18)20-13-17-21-16(9-12-27-21)22-24-10-11-25(22)23(17)28-20/h1-13H. The van der Waals surface area contributed by atoms with Gasteiger partial charge in [-0.1, -0.05) is 47.7 Å². The van der Waals surface area contributed by atoms with Crippen molar-refractivity contribution < 1.29 is 0 Å². The van der Waals surface area contributed by atoms with E-state index in [1.807, 2.05) is 17.5 Å². The van der Waals surface area contributed by atoms with Crippen molar-refractivity contribution >= 4 is 70.4 Å². The molecule has 5 aromatic heterocycles. The Kier molecular flexibility index (Phi) is 2.77. The summed E-state index contributed by atoms with van der Waals surface area (Å²) in [5.74, 6) is 0. The Bertz CT molecular complexity index is 1560. The summed E-state index contributed by atoms with van der Waals surface area (Å²) in [5.41, 5.74) is 3.54. The highest BCUT2D eigenvalue weighted by molar-refractivity contribution is 7.23. The lowest BCUT2D eigenvalue weighted by Crippen LogP contribution is -1.89. The zero-order valence-corrected chi connectivity index (χ0v) is 16.3. The van der Waals surface area contributed by atoms with Crippen LogP contribution in [0.4, 0.5) is 0 Å². The lowest BCUT2D eigenvalue weighted by molar-refractivity contribution is 1.22. The zero-order chi connectivity index (χ0) is 18.2. The summed E-state index contributed by atoms with van der Waals surface area (Å²) >= 11 is 3.63. The molecule has 0 spiro atoms. The van der Waals surface area contributed by atoms with Gasteiger partial charge in [-0.05, 0) is 29.6 Å². The smallest absolute Gasteiger partial charge is 0.146 e. The van der Waals surface area contributed by atoms with E-state index in [2.05, 4.69) is 86.2 Å². The number of pyridine rings is 1. The van der Waals surface area contributed by atoms with E-state index in [0.717, 1.165) is 5.65 Å². The minimum Gasteiger partial charge on any atom is -0.301 e. The molecule has 7 rings (SSSR count). The van der Waals surface area contributed by atoms with Crippen LogP contribution in [0.1, 0.15) is 0 Å². The average Bonchev–Trinajstić information content (AvgIpc) is 3.49. The first-order valence-corrected chi connectivity index (χ1v) is 10.8. The van der Waals surface area contributed by atoms with Gasteiger partial charge < -0.3 is 4.57 Å². The van der Waals surface area contributed by atoms with Crippen LogP contribution in [0, 0.1) is 0 Å². The van der Waals surface area contributed by atoms with Gasteiger partial charge >= 0.3 is 0 Å². The number of para-hydroxylation sites is 2. The summed E-state index contributed by atoms with van der Waals surface area (Å²) in [4.78, 5) is 5.86. The molecule has 28 heavy (non-hydrogen) atoms. The number of imidazole rings is 1. The van der Waals surface area contributed by atoms with E-state index in [4.69, 9.17) is 0 Å². The molecule has 0 aliphatic heterocycles. The number of rotatable bonds is 1. The molecule has 0 saturated heterocycles. The van der Waals surface area contributed by atoms with Gasteiger partial charge in [0.05, 0.1) is 11.0 Å². The Morgan fingerprint density at radius 3 is 2.32 bits per heavy atom. The van der Waals surface area contributed by atoms with Gasteiger partial charge in [0.2, 0.25) is 0 Å². The summed E-state index contributed by atoms with van der Waals surface area (Å²) in [6, 6.07) is 21.9. The van der Waals surface area contributed by atoms with Crippen LogP contribution in [0.5, 0.6) is 0 Å². The number of benzene rings is 2. The van der Waals surface area contributed by atoms with Gasteiger partial charge in [-0.3, -0.25) is 4.40 Å². The molecular formula is C23H13N3S2. The van der Waals surface area contributed by atoms with Crippen LogP contribution in [0.15, 0.2) is 78.4 Å². The summed E-state index contributed by atoms with van der Waals surface area (Å²) in [5, 5.41) is 8.53. The van der Waals surface area contributed by atoms with Crippen LogP contribution in [-0.2, 0) is 0 Å². The van der Waals surface area contributed by atoms with Crippen molar-refractivity contribution in [1.29, 1.82) is 0 Å². The molecular weight excluding hydrogens is 382 g/mol. The second-order valence-electron chi connectivity index (χ2n) is 6.96. The molecule has 0 radical (unpaired) electrons. The Hall–Kier alpha value is -3.15. The quantitative estimate of drug-likeness (QED) is 0.298. The highest BCUT2D eigenvalue weighted by Crippen LogP contribution is 2.41. The van der Waals surface area contributed by atoms with Crippen molar-refractivity contribution in [2.75, 3.05) is 0 Å². The molecule has 0 saturated carbocycles. The van der Waals surface area contributed by atoms with Crippen LogP contribution in [-0.4, -0.2) is 14.0 Å². The predicted molar refractivity (Wildman–Crippen MR) is 120 cm³/mol. The molecule has 0 aliphatic rings. The molecule has 2 aromatic carbocycles. The van der Waals surface area contributed by atoms with Crippen LogP contribution in [0.25, 0.3) is 52.8 Å². The topological polar surface area (TPSA) is 22.2 Å². The molecule has 0 N–H and O–H groups in total.